The first kappa shape index (κ1) is 15.5. The van der Waals surface area contributed by atoms with Crippen LogP contribution < -0.4 is 10.6 Å². The van der Waals surface area contributed by atoms with E-state index in [2.05, 4.69) is 0 Å². The number of rotatable bonds is 5. The number of anilines is 1. The first-order valence-electron chi connectivity index (χ1n) is 6.13. The first-order chi connectivity index (χ1) is 9.91. The fourth-order valence-electron chi connectivity index (χ4n) is 1.91. The van der Waals surface area contributed by atoms with Gasteiger partial charge in [-0.25, -0.2) is 9.29 Å². The lowest BCUT2D eigenvalue weighted by molar-refractivity contribution is -0.138. The van der Waals surface area contributed by atoms with E-state index in [1.54, 1.807) is 0 Å². The SMILES string of the molecule is N[C@@H](CS[C@H]1CC(=O)N(c2ccccc2F)C1=O)C(=O)O. The Kier molecular flexibility index (Phi) is 4.59. The summed E-state index contributed by atoms with van der Waals surface area (Å²) in [5.74, 6) is -2.89. The number of nitrogens with zero attached hydrogens (tertiary/aromatic N) is 1. The Balaban J connectivity index is 2.10. The molecule has 1 aliphatic rings. The van der Waals surface area contributed by atoms with E-state index in [1.165, 1.54) is 18.2 Å². The Labute approximate surface area is 124 Å². The van der Waals surface area contributed by atoms with Crippen LogP contribution >= 0.6 is 11.8 Å². The number of carbonyl (C=O) groups excluding carboxylic acids is 2. The van der Waals surface area contributed by atoms with Crippen molar-refractivity contribution < 1.29 is 23.9 Å². The van der Waals surface area contributed by atoms with Crippen LogP contribution in [0.25, 0.3) is 0 Å². The average molecular weight is 312 g/mol. The van der Waals surface area contributed by atoms with E-state index in [4.69, 9.17) is 10.8 Å². The second-order valence-electron chi connectivity index (χ2n) is 4.49. The van der Waals surface area contributed by atoms with E-state index >= 15 is 0 Å². The molecule has 0 saturated carbocycles. The highest BCUT2D eigenvalue weighted by Crippen LogP contribution is 2.31. The van der Waals surface area contributed by atoms with Gasteiger partial charge in [-0.3, -0.25) is 14.4 Å². The Hall–Kier alpha value is -1.93. The van der Waals surface area contributed by atoms with Gasteiger partial charge in [-0.2, -0.15) is 0 Å². The number of carboxylic acid groups (broad SMARTS) is 1. The fraction of sp³-hybridized carbons (Fsp3) is 0.308. The quantitative estimate of drug-likeness (QED) is 0.772. The predicted molar refractivity (Wildman–Crippen MR) is 75.4 cm³/mol. The number of aliphatic carboxylic acids is 1. The van der Waals surface area contributed by atoms with Crippen LogP contribution in [0.2, 0.25) is 0 Å². The lowest BCUT2D eigenvalue weighted by atomic mass is 10.3. The number of amides is 2. The van der Waals surface area contributed by atoms with Gasteiger partial charge >= 0.3 is 5.97 Å². The van der Waals surface area contributed by atoms with Gasteiger partial charge in [0.15, 0.2) is 0 Å². The molecule has 6 nitrogen and oxygen atoms in total. The summed E-state index contributed by atoms with van der Waals surface area (Å²) in [6.45, 7) is 0. The lowest BCUT2D eigenvalue weighted by Crippen LogP contribution is -2.35. The smallest absolute Gasteiger partial charge is 0.321 e. The van der Waals surface area contributed by atoms with Crippen LogP contribution in [0.3, 0.4) is 0 Å². The maximum atomic E-state index is 13.7. The highest BCUT2D eigenvalue weighted by atomic mass is 32.2. The number of hydrogen-bond donors (Lipinski definition) is 2. The molecule has 2 amide bonds. The van der Waals surface area contributed by atoms with Gasteiger partial charge < -0.3 is 10.8 Å². The zero-order valence-electron chi connectivity index (χ0n) is 10.9. The fourth-order valence-corrected chi connectivity index (χ4v) is 3.00. The van der Waals surface area contributed by atoms with E-state index in [-0.39, 0.29) is 17.9 Å². The van der Waals surface area contributed by atoms with Crippen molar-refractivity contribution in [3.63, 3.8) is 0 Å². The molecule has 2 atom stereocenters. The number of nitrogens with two attached hydrogens (primary N) is 1. The van der Waals surface area contributed by atoms with E-state index in [0.717, 1.165) is 22.7 Å². The van der Waals surface area contributed by atoms with Crippen LogP contribution in [0.1, 0.15) is 6.42 Å². The molecular weight excluding hydrogens is 299 g/mol. The van der Waals surface area contributed by atoms with Crippen molar-refractivity contribution in [1.82, 2.24) is 0 Å². The van der Waals surface area contributed by atoms with E-state index < -0.39 is 34.9 Å². The zero-order chi connectivity index (χ0) is 15.6. The summed E-state index contributed by atoms with van der Waals surface area (Å²) < 4.78 is 13.7. The summed E-state index contributed by atoms with van der Waals surface area (Å²) in [5, 5.41) is 7.96. The normalized spacial score (nSPS) is 19.9. The van der Waals surface area contributed by atoms with Crippen LogP contribution in [0, 0.1) is 5.82 Å². The molecule has 1 heterocycles. The standard InChI is InChI=1S/C13H13FN2O4S/c14-7-3-1-2-4-9(7)16-11(17)5-10(12(16)18)21-6-8(15)13(19)20/h1-4,8,10H,5-6,15H2,(H,19,20)/t8-,10-/m0/s1. The van der Waals surface area contributed by atoms with Crippen molar-refractivity contribution in [2.75, 3.05) is 10.7 Å². The van der Waals surface area contributed by atoms with Crippen molar-refractivity contribution in [2.24, 2.45) is 5.73 Å². The second kappa shape index (κ2) is 6.23. The van der Waals surface area contributed by atoms with Gasteiger partial charge in [0.1, 0.15) is 11.9 Å². The van der Waals surface area contributed by atoms with Gasteiger partial charge in [-0.15, -0.1) is 11.8 Å². The highest BCUT2D eigenvalue weighted by molar-refractivity contribution is 8.00. The molecule has 0 aliphatic carbocycles. The first-order valence-corrected chi connectivity index (χ1v) is 7.18. The van der Waals surface area contributed by atoms with Gasteiger partial charge in [0.05, 0.1) is 10.9 Å². The molecule has 1 aromatic rings. The molecule has 3 N–H and O–H groups in total. The molecule has 1 aromatic carbocycles. The number of para-hydroxylation sites is 1. The molecule has 1 aliphatic heterocycles. The van der Waals surface area contributed by atoms with Crippen molar-refractivity contribution in [1.29, 1.82) is 0 Å². The van der Waals surface area contributed by atoms with Gasteiger partial charge in [-0.1, -0.05) is 12.1 Å². The van der Waals surface area contributed by atoms with Gasteiger partial charge in [-0.05, 0) is 12.1 Å². The maximum Gasteiger partial charge on any atom is 0.321 e. The molecule has 0 radical (unpaired) electrons. The highest BCUT2D eigenvalue weighted by Gasteiger charge is 2.41. The Morgan fingerprint density at radius 2 is 2.14 bits per heavy atom. The van der Waals surface area contributed by atoms with Crippen LogP contribution in [-0.4, -0.2) is 39.9 Å². The summed E-state index contributed by atoms with van der Waals surface area (Å²) >= 11 is 0.996. The number of thioether (sulfide) groups is 1. The molecule has 21 heavy (non-hydrogen) atoms. The summed E-state index contributed by atoms with van der Waals surface area (Å²) in [4.78, 5) is 35.5. The second-order valence-corrected chi connectivity index (χ2v) is 5.73. The third-order valence-corrected chi connectivity index (χ3v) is 4.31. The van der Waals surface area contributed by atoms with Crippen molar-refractivity contribution >= 4 is 35.2 Å². The van der Waals surface area contributed by atoms with Crippen LogP contribution in [0.4, 0.5) is 10.1 Å². The minimum Gasteiger partial charge on any atom is -0.480 e. The number of carboxylic acids is 1. The number of halogens is 1. The summed E-state index contributed by atoms with van der Waals surface area (Å²) in [6, 6.07) is 4.39. The van der Waals surface area contributed by atoms with Crippen LogP contribution in [0.5, 0.6) is 0 Å². The topological polar surface area (TPSA) is 101 Å². The molecule has 0 aromatic heterocycles. The lowest BCUT2D eigenvalue weighted by Gasteiger charge is -2.15. The van der Waals surface area contributed by atoms with Crippen LogP contribution in [-0.2, 0) is 14.4 Å². The van der Waals surface area contributed by atoms with Crippen molar-refractivity contribution in [3.05, 3.63) is 30.1 Å². The average Bonchev–Trinajstić information content (AvgIpc) is 2.71. The molecule has 0 unspecified atom stereocenters. The Bertz CT molecular complexity index is 595. The Morgan fingerprint density at radius 3 is 2.76 bits per heavy atom. The molecule has 0 spiro atoms. The largest absolute Gasteiger partial charge is 0.480 e. The molecule has 1 fully saturated rings. The van der Waals surface area contributed by atoms with Crippen molar-refractivity contribution in [3.8, 4) is 0 Å². The van der Waals surface area contributed by atoms with Crippen molar-refractivity contribution in [2.45, 2.75) is 17.7 Å². The van der Waals surface area contributed by atoms with E-state index in [0.29, 0.717) is 0 Å². The monoisotopic (exact) mass is 312 g/mol. The summed E-state index contributed by atoms with van der Waals surface area (Å²) in [5.41, 5.74) is 5.27. The number of hydrogen-bond acceptors (Lipinski definition) is 5. The summed E-state index contributed by atoms with van der Waals surface area (Å²) in [7, 11) is 0. The number of carbonyl (C=O) groups is 3. The third kappa shape index (κ3) is 3.22. The van der Waals surface area contributed by atoms with Gasteiger partial charge in [0.25, 0.3) is 0 Å². The molecule has 2 rings (SSSR count). The molecule has 112 valence electrons. The Morgan fingerprint density at radius 1 is 1.48 bits per heavy atom. The third-order valence-electron chi connectivity index (χ3n) is 2.99. The molecular formula is C13H13FN2O4S. The molecule has 1 saturated heterocycles. The van der Waals surface area contributed by atoms with Crippen LogP contribution in [0.15, 0.2) is 24.3 Å². The van der Waals surface area contributed by atoms with E-state index in [9.17, 15) is 18.8 Å². The van der Waals surface area contributed by atoms with Gasteiger partial charge in [0, 0.05) is 12.2 Å². The maximum absolute atomic E-state index is 13.7. The molecule has 0 bridgehead atoms. The zero-order valence-corrected chi connectivity index (χ0v) is 11.7. The summed E-state index contributed by atoms with van der Waals surface area (Å²) in [6.07, 6.45) is -0.0931. The number of benzene rings is 1. The number of imide groups is 1. The minimum absolute atomic E-state index is 0.00410. The predicted octanol–water partition coefficient (Wildman–Crippen LogP) is 0.603. The van der Waals surface area contributed by atoms with Gasteiger partial charge in [0.2, 0.25) is 11.8 Å². The minimum atomic E-state index is -1.18. The van der Waals surface area contributed by atoms with E-state index in [1.807, 2.05) is 0 Å². The molecule has 8 heteroatoms.